The first-order valence-electron chi connectivity index (χ1n) is 11.9. The van der Waals surface area contributed by atoms with Gasteiger partial charge in [0.25, 0.3) is 0 Å². The van der Waals surface area contributed by atoms with E-state index in [0.717, 1.165) is 28.8 Å². The van der Waals surface area contributed by atoms with E-state index in [2.05, 4.69) is 33.6 Å². The van der Waals surface area contributed by atoms with E-state index in [4.69, 9.17) is 23.7 Å². The molecule has 0 aliphatic carbocycles. The van der Waals surface area contributed by atoms with Gasteiger partial charge in [0.05, 0.1) is 42.4 Å². The number of oxazole rings is 1. The van der Waals surface area contributed by atoms with E-state index >= 15 is 0 Å². The standard InChI is InChI=1S/C29H30N4O5/c1-29(2,18-22-9-11-24(12-10-22)31-38-20-23-7-5-4-6-8-23)33-37-16-15-36-32-25-13-14-26(27(17-25)34-3)28-19-30-21-35-28/h4-14,17,19,21,31-33H,18,20H2,1-3H3. The van der Waals surface area contributed by atoms with E-state index in [1.807, 2.05) is 74.5 Å². The molecule has 0 spiro atoms. The number of methoxy groups -OCH3 is 1. The number of hydroxylamine groups is 1. The van der Waals surface area contributed by atoms with Crippen molar-refractivity contribution in [2.45, 2.75) is 32.4 Å². The van der Waals surface area contributed by atoms with Crippen molar-refractivity contribution in [1.29, 1.82) is 0 Å². The molecule has 1 heterocycles. The van der Waals surface area contributed by atoms with E-state index in [9.17, 15) is 0 Å². The lowest BCUT2D eigenvalue weighted by atomic mass is 9.96. The van der Waals surface area contributed by atoms with Crippen molar-refractivity contribution in [3.63, 3.8) is 0 Å². The van der Waals surface area contributed by atoms with Gasteiger partial charge in [-0.3, -0.25) is 10.3 Å². The van der Waals surface area contributed by atoms with Gasteiger partial charge in [-0.2, -0.15) is 0 Å². The summed E-state index contributed by atoms with van der Waals surface area (Å²) >= 11 is 0. The monoisotopic (exact) mass is 514 g/mol. The topological polar surface area (TPSA) is 99.0 Å². The zero-order valence-electron chi connectivity index (χ0n) is 21.5. The summed E-state index contributed by atoms with van der Waals surface area (Å²) in [4.78, 5) is 20.0. The molecule has 3 N–H and O–H groups in total. The summed E-state index contributed by atoms with van der Waals surface area (Å²) in [5.74, 6) is 1.21. The van der Waals surface area contributed by atoms with Crippen LogP contribution in [0.1, 0.15) is 25.0 Å². The van der Waals surface area contributed by atoms with E-state index in [0.29, 0.717) is 23.8 Å². The Morgan fingerprint density at radius 3 is 2.37 bits per heavy atom. The Morgan fingerprint density at radius 1 is 0.868 bits per heavy atom. The average Bonchev–Trinajstić information content (AvgIpc) is 3.47. The number of hydrogen-bond donors (Lipinski definition) is 3. The molecule has 0 amide bonds. The molecule has 0 saturated carbocycles. The van der Waals surface area contributed by atoms with E-state index in [1.54, 1.807) is 25.4 Å². The molecule has 0 fully saturated rings. The van der Waals surface area contributed by atoms with Gasteiger partial charge in [0.2, 0.25) is 0 Å². The Labute approximate surface area is 222 Å². The second-order valence-corrected chi connectivity index (χ2v) is 9.03. The maximum Gasteiger partial charge on any atom is 0.192 e. The minimum atomic E-state index is -0.370. The predicted octanol–water partition coefficient (Wildman–Crippen LogP) is 5.70. The Morgan fingerprint density at radius 2 is 1.63 bits per heavy atom. The highest BCUT2D eigenvalue weighted by atomic mass is 16.7. The number of nitrogens with zero attached hydrogens (tertiary/aromatic N) is 1. The Hall–Kier alpha value is -4.65. The maximum absolute atomic E-state index is 5.57. The number of anilines is 2. The molecule has 0 aliphatic heterocycles. The van der Waals surface area contributed by atoms with Crippen LogP contribution in [0, 0.1) is 12.2 Å². The summed E-state index contributed by atoms with van der Waals surface area (Å²) in [5.41, 5.74) is 12.8. The van der Waals surface area contributed by atoms with Gasteiger partial charge in [-0.05, 0) is 55.7 Å². The van der Waals surface area contributed by atoms with Crippen molar-refractivity contribution >= 4 is 11.4 Å². The minimum Gasteiger partial charge on any atom is -0.496 e. The molecule has 0 atom stereocenters. The zero-order valence-corrected chi connectivity index (χ0v) is 21.5. The summed E-state index contributed by atoms with van der Waals surface area (Å²) in [6.07, 6.45) is 8.64. The summed E-state index contributed by atoms with van der Waals surface area (Å²) in [7, 11) is 1.58. The largest absolute Gasteiger partial charge is 0.496 e. The molecule has 0 aliphatic rings. The molecule has 0 radical (unpaired) electrons. The SMILES string of the molecule is COc1cc(NOC#CONC(C)(C)Cc2ccc(NOCc3ccccc3)cc2)ccc1-c1cnco1. The highest BCUT2D eigenvalue weighted by Gasteiger charge is 2.19. The molecule has 1 aromatic heterocycles. The number of hydrogen-bond acceptors (Lipinski definition) is 9. The van der Waals surface area contributed by atoms with Crippen molar-refractivity contribution in [2.75, 3.05) is 18.1 Å². The number of benzene rings is 3. The fraction of sp³-hybridized carbons (Fsp3) is 0.207. The van der Waals surface area contributed by atoms with Crippen molar-refractivity contribution in [1.82, 2.24) is 10.5 Å². The summed E-state index contributed by atoms with van der Waals surface area (Å²) < 4.78 is 10.7. The van der Waals surface area contributed by atoms with Gasteiger partial charge in [-0.1, -0.05) is 42.5 Å². The third kappa shape index (κ3) is 7.93. The minimum absolute atomic E-state index is 0.370. The van der Waals surface area contributed by atoms with Gasteiger partial charge in [-0.25, -0.2) is 10.5 Å². The van der Waals surface area contributed by atoms with Crippen LogP contribution >= 0.6 is 0 Å². The molecule has 4 rings (SSSR count). The molecule has 196 valence electrons. The first kappa shape index (κ1) is 26.4. The quantitative estimate of drug-likeness (QED) is 0.162. The lowest BCUT2D eigenvalue weighted by Crippen LogP contribution is -2.40. The van der Waals surface area contributed by atoms with E-state index < -0.39 is 0 Å². The molecule has 0 saturated heterocycles. The molecule has 9 nitrogen and oxygen atoms in total. The molecule has 4 aromatic rings. The number of rotatable bonds is 12. The summed E-state index contributed by atoms with van der Waals surface area (Å²) in [6.45, 7) is 4.53. The number of ether oxygens (including phenoxy) is 1. The highest BCUT2D eigenvalue weighted by Crippen LogP contribution is 2.32. The third-order valence-electron chi connectivity index (χ3n) is 5.41. The summed E-state index contributed by atoms with van der Waals surface area (Å²) in [6, 6.07) is 23.4. The van der Waals surface area contributed by atoms with E-state index in [-0.39, 0.29) is 5.54 Å². The van der Waals surface area contributed by atoms with Crippen LogP contribution in [0.25, 0.3) is 11.3 Å². The number of aromatic nitrogens is 1. The molecule has 38 heavy (non-hydrogen) atoms. The van der Waals surface area contributed by atoms with Crippen LogP contribution in [0.15, 0.2) is 89.8 Å². The maximum atomic E-state index is 5.57. The molecule has 3 aromatic carbocycles. The van der Waals surface area contributed by atoms with Gasteiger partial charge < -0.3 is 18.8 Å². The van der Waals surface area contributed by atoms with Crippen LogP contribution in [0.4, 0.5) is 11.4 Å². The van der Waals surface area contributed by atoms with Crippen LogP contribution in [0.3, 0.4) is 0 Å². The second kappa shape index (κ2) is 13.1. The summed E-state index contributed by atoms with van der Waals surface area (Å²) in [5, 5.41) is 0. The van der Waals surface area contributed by atoms with Crippen molar-refractivity contribution in [3.05, 3.63) is 96.5 Å². The van der Waals surface area contributed by atoms with Gasteiger partial charge in [0.15, 0.2) is 24.4 Å². The van der Waals surface area contributed by atoms with Crippen molar-refractivity contribution < 1.29 is 23.7 Å². The van der Waals surface area contributed by atoms with E-state index in [1.165, 1.54) is 6.39 Å². The zero-order chi connectivity index (χ0) is 26.6. The van der Waals surface area contributed by atoms with Crippen molar-refractivity contribution in [2.24, 2.45) is 0 Å². The lowest BCUT2D eigenvalue weighted by Gasteiger charge is -2.23. The highest BCUT2D eigenvalue weighted by molar-refractivity contribution is 5.69. The normalized spacial score (nSPS) is 10.7. The van der Waals surface area contributed by atoms with Gasteiger partial charge in [0, 0.05) is 6.07 Å². The molecule has 9 heteroatoms. The second-order valence-electron chi connectivity index (χ2n) is 9.03. The molecule has 0 unspecified atom stereocenters. The molecule has 0 bridgehead atoms. The first-order valence-corrected chi connectivity index (χ1v) is 11.9. The number of nitrogens with one attached hydrogen (secondary N) is 3. The fourth-order valence-electron chi connectivity index (χ4n) is 3.61. The van der Waals surface area contributed by atoms with Crippen LogP contribution in [0.5, 0.6) is 5.75 Å². The van der Waals surface area contributed by atoms with Gasteiger partial charge in [-0.15, -0.1) is 5.48 Å². The average molecular weight is 515 g/mol. The van der Waals surface area contributed by atoms with Crippen LogP contribution < -0.4 is 21.2 Å². The fourth-order valence-corrected chi connectivity index (χ4v) is 3.61. The van der Waals surface area contributed by atoms with Crippen LogP contribution in [0.2, 0.25) is 0 Å². The Bertz CT molecular complexity index is 1330. The lowest BCUT2D eigenvalue weighted by molar-refractivity contribution is 0.0761. The smallest absolute Gasteiger partial charge is 0.192 e. The van der Waals surface area contributed by atoms with Gasteiger partial charge >= 0.3 is 0 Å². The Kier molecular flexibility index (Phi) is 9.07. The third-order valence-corrected chi connectivity index (χ3v) is 5.41. The van der Waals surface area contributed by atoms with Crippen LogP contribution in [-0.2, 0) is 27.5 Å². The predicted molar refractivity (Wildman–Crippen MR) is 144 cm³/mol. The van der Waals surface area contributed by atoms with Crippen molar-refractivity contribution in [3.8, 4) is 29.3 Å². The molecular weight excluding hydrogens is 484 g/mol. The molecular formula is C29H30N4O5. The van der Waals surface area contributed by atoms with Crippen LogP contribution in [-0.4, -0.2) is 17.6 Å². The Balaban J connectivity index is 1.18. The first-order chi connectivity index (χ1) is 18.5. The van der Waals surface area contributed by atoms with Gasteiger partial charge in [0.1, 0.15) is 5.75 Å².